The zero-order valence-corrected chi connectivity index (χ0v) is 11.2. The summed E-state index contributed by atoms with van der Waals surface area (Å²) in [5.41, 5.74) is 1.40. The number of benzene rings is 1. The van der Waals surface area contributed by atoms with Gasteiger partial charge >= 0.3 is 0 Å². The average Bonchev–Trinajstić information content (AvgIpc) is 3.01. The van der Waals surface area contributed by atoms with E-state index in [1.807, 2.05) is 4.90 Å². The number of amides is 1. The van der Waals surface area contributed by atoms with Crippen molar-refractivity contribution in [3.8, 4) is 0 Å². The molecule has 3 atom stereocenters. The predicted octanol–water partition coefficient (Wildman–Crippen LogP) is 1.71. The highest BCUT2D eigenvalue weighted by atomic mass is 16.3. The summed E-state index contributed by atoms with van der Waals surface area (Å²) in [4.78, 5) is 13.4. The van der Waals surface area contributed by atoms with Gasteiger partial charge in [0.15, 0.2) is 0 Å². The quantitative estimate of drug-likeness (QED) is 0.897. The number of nitrogens with zero attached hydrogens (tertiary/aromatic N) is 1. The minimum Gasteiger partial charge on any atom is -0.387 e. The standard InChI is InChI=1S/C16H21NO2/c18-11-16(19)17-9-14-7-6-13(15(14)10-17)8-12-4-2-1-3-5-12/h1-5,13-15,18H,6-11H2/t13-,14-,15-/m1/s1. The molecule has 1 aromatic rings. The minimum atomic E-state index is -0.344. The van der Waals surface area contributed by atoms with Crippen molar-refractivity contribution in [2.75, 3.05) is 19.7 Å². The molecule has 1 aliphatic carbocycles. The van der Waals surface area contributed by atoms with Crippen molar-refractivity contribution >= 4 is 5.91 Å². The van der Waals surface area contributed by atoms with Crippen LogP contribution in [0.5, 0.6) is 0 Å². The van der Waals surface area contributed by atoms with Gasteiger partial charge < -0.3 is 10.0 Å². The first kappa shape index (κ1) is 12.7. The molecule has 1 heterocycles. The van der Waals surface area contributed by atoms with Gasteiger partial charge in [-0.05, 0) is 42.6 Å². The first-order chi connectivity index (χ1) is 9.28. The SMILES string of the molecule is O=C(CO)N1C[C@H]2CC[C@H](Cc3ccccc3)[C@H]2C1. The summed E-state index contributed by atoms with van der Waals surface area (Å²) in [7, 11) is 0. The Kier molecular flexibility index (Phi) is 3.56. The summed E-state index contributed by atoms with van der Waals surface area (Å²) in [5.74, 6) is 1.89. The smallest absolute Gasteiger partial charge is 0.248 e. The zero-order valence-electron chi connectivity index (χ0n) is 11.2. The molecule has 1 N–H and O–H groups in total. The van der Waals surface area contributed by atoms with Gasteiger partial charge in [-0.25, -0.2) is 0 Å². The second kappa shape index (κ2) is 5.33. The van der Waals surface area contributed by atoms with E-state index in [1.54, 1.807) is 0 Å². The first-order valence-corrected chi connectivity index (χ1v) is 7.20. The van der Waals surface area contributed by atoms with Crippen molar-refractivity contribution in [3.05, 3.63) is 35.9 Å². The van der Waals surface area contributed by atoms with E-state index < -0.39 is 0 Å². The molecule has 3 rings (SSSR count). The van der Waals surface area contributed by atoms with Crippen LogP contribution in [0.4, 0.5) is 0 Å². The molecule has 0 spiro atoms. The Labute approximate surface area is 114 Å². The fraction of sp³-hybridized carbons (Fsp3) is 0.562. The molecular weight excluding hydrogens is 238 g/mol. The number of hydrogen-bond donors (Lipinski definition) is 1. The van der Waals surface area contributed by atoms with Crippen LogP contribution in [0.1, 0.15) is 18.4 Å². The van der Waals surface area contributed by atoms with Gasteiger partial charge in [-0.3, -0.25) is 4.79 Å². The highest BCUT2D eigenvalue weighted by Crippen LogP contribution is 2.43. The number of rotatable bonds is 3. The Morgan fingerprint density at radius 1 is 1.21 bits per heavy atom. The zero-order chi connectivity index (χ0) is 13.2. The molecule has 3 nitrogen and oxygen atoms in total. The van der Waals surface area contributed by atoms with Crippen molar-refractivity contribution < 1.29 is 9.90 Å². The Bertz CT molecular complexity index is 445. The molecule has 0 aromatic heterocycles. The van der Waals surface area contributed by atoms with Gasteiger partial charge in [0.2, 0.25) is 5.91 Å². The number of hydrogen-bond acceptors (Lipinski definition) is 2. The van der Waals surface area contributed by atoms with Gasteiger partial charge in [-0.15, -0.1) is 0 Å². The molecule has 1 aliphatic heterocycles. The van der Waals surface area contributed by atoms with E-state index in [-0.39, 0.29) is 12.5 Å². The van der Waals surface area contributed by atoms with E-state index in [9.17, 15) is 4.79 Å². The molecule has 102 valence electrons. The largest absolute Gasteiger partial charge is 0.387 e. The highest BCUT2D eigenvalue weighted by Gasteiger charge is 2.43. The van der Waals surface area contributed by atoms with Crippen molar-refractivity contribution in [3.63, 3.8) is 0 Å². The van der Waals surface area contributed by atoms with Gasteiger partial charge in [-0.1, -0.05) is 30.3 Å². The van der Waals surface area contributed by atoms with E-state index in [4.69, 9.17) is 5.11 Å². The third-order valence-electron chi connectivity index (χ3n) is 4.83. The Morgan fingerprint density at radius 2 is 2.00 bits per heavy atom. The maximum absolute atomic E-state index is 11.6. The van der Waals surface area contributed by atoms with Crippen LogP contribution in [-0.4, -0.2) is 35.6 Å². The van der Waals surface area contributed by atoms with E-state index in [0.29, 0.717) is 17.8 Å². The predicted molar refractivity (Wildman–Crippen MR) is 73.5 cm³/mol. The molecule has 0 unspecified atom stereocenters. The summed E-state index contributed by atoms with van der Waals surface area (Å²) >= 11 is 0. The second-order valence-corrected chi connectivity index (χ2v) is 5.91. The molecular formula is C16H21NO2. The van der Waals surface area contributed by atoms with Gasteiger partial charge in [-0.2, -0.15) is 0 Å². The number of fused-ring (bicyclic) bond motifs is 1. The van der Waals surface area contributed by atoms with Crippen LogP contribution in [0.2, 0.25) is 0 Å². The van der Waals surface area contributed by atoms with Crippen LogP contribution >= 0.6 is 0 Å². The fourth-order valence-electron chi connectivity index (χ4n) is 3.85. The molecule has 1 aromatic carbocycles. The summed E-state index contributed by atoms with van der Waals surface area (Å²) in [6, 6.07) is 10.6. The van der Waals surface area contributed by atoms with Crippen molar-refractivity contribution in [2.45, 2.75) is 19.3 Å². The number of carbonyl (C=O) groups is 1. The van der Waals surface area contributed by atoms with Crippen molar-refractivity contribution in [1.82, 2.24) is 4.90 Å². The molecule has 3 heteroatoms. The summed E-state index contributed by atoms with van der Waals surface area (Å²) in [6.45, 7) is 1.36. The van der Waals surface area contributed by atoms with Gasteiger partial charge in [0.05, 0.1) is 0 Å². The lowest BCUT2D eigenvalue weighted by molar-refractivity contribution is -0.133. The monoisotopic (exact) mass is 259 g/mol. The normalized spacial score (nSPS) is 29.5. The Morgan fingerprint density at radius 3 is 2.74 bits per heavy atom. The van der Waals surface area contributed by atoms with Crippen molar-refractivity contribution in [2.24, 2.45) is 17.8 Å². The number of carbonyl (C=O) groups excluding carboxylic acids is 1. The first-order valence-electron chi connectivity index (χ1n) is 7.20. The molecule has 0 bridgehead atoms. The van der Waals surface area contributed by atoms with Gasteiger partial charge in [0, 0.05) is 13.1 Å². The minimum absolute atomic E-state index is 0.104. The van der Waals surface area contributed by atoms with Crippen LogP contribution in [0.25, 0.3) is 0 Å². The van der Waals surface area contributed by atoms with Crippen LogP contribution in [-0.2, 0) is 11.2 Å². The van der Waals surface area contributed by atoms with Gasteiger partial charge in [0.25, 0.3) is 0 Å². The van der Waals surface area contributed by atoms with Crippen LogP contribution in [0, 0.1) is 17.8 Å². The summed E-state index contributed by atoms with van der Waals surface area (Å²) in [5, 5.41) is 8.97. The third kappa shape index (κ3) is 2.52. The number of aliphatic hydroxyl groups is 1. The number of aliphatic hydroxyl groups excluding tert-OH is 1. The van der Waals surface area contributed by atoms with Crippen LogP contribution < -0.4 is 0 Å². The molecule has 1 amide bonds. The Balaban J connectivity index is 1.65. The number of likely N-dealkylation sites (tertiary alicyclic amines) is 1. The van der Waals surface area contributed by atoms with E-state index in [0.717, 1.165) is 19.5 Å². The molecule has 19 heavy (non-hydrogen) atoms. The van der Waals surface area contributed by atoms with Crippen LogP contribution in [0.15, 0.2) is 30.3 Å². The van der Waals surface area contributed by atoms with Crippen molar-refractivity contribution in [1.29, 1.82) is 0 Å². The van der Waals surface area contributed by atoms with Gasteiger partial charge in [0.1, 0.15) is 6.61 Å². The summed E-state index contributed by atoms with van der Waals surface area (Å²) < 4.78 is 0. The Hall–Kier alpha value is -1.35. The highest BCUT2D eigenvalue weighted by molar-refractivity contribution is 5.77. The third-order valence-corrected chi connectivity index (χ3v) is 4.83. The lowest BCUT2D eigenvalue weighted by atomic mass is 9.87. The fourth-order valence-corrected chi connectivity index (χ4v) is 3.85. The lowest BCUT2D eigenvalue weighted by Crippen LogP contribution is -2.32. The average molecular weight is 259 g/mol. The molecule has 2 aliphatic rings. The lowest BCUT2D eigenvalue weighted by Gasteiger charge is -2.20. The molecule has 1 saturated carbocycles. The maximum atomic E-state index is 11.6. The van der Waals surface area contributed by atoms with E-state index in [1.165, 1.54) is 18.4 Å². The summed E-state index contributed by atoms with van der Waals surface area (Å²) in [6.07, 6.45) is 3.64. The molecule has 0 radical (unpaired) electrons. The van der Waals surface area contributed by atoms with E-state index >= 15 is 0 Å². The maximum Gasteiger partial charge on any atom is 0.248 e. The molecule has 2 fully saturated rings. The second-order valence-electron chi connectivity index (χ2n) is 5.91. The van der Waals surface area contributed by atoms with Crippen LogP contribution in [0.3, 0.4) is 0 Å². The molecule has 1 saturated heterocycles. The topological polar surface area (TPSA) is 40.5 Å². The van der Waals surface area contributed by atoms with E-state index in [2.05, 4.69) is 30.3 Å².